The van der Waals surface area contributed by atoms with Crippen LogP contribution in [0.3, 0.4) is 0 Å². The topological polar surface area (TPSA) is 55.8 Å². The summed E-state index contributed by atoms with van der Waals surface area (Å²) in [5.74, 6) is 0. The van der Waals surface area contributed by atoms with E-state index in [2.05, 4.69) is 4.74 Å². The van der Waals surface area contributed by atoms with Gasteiger partial charge in [0.2, 0.25) is 6.41 Å². The van der Waals surface area contributed by atoms with Gasteiger partial charge in [0.15, 0.2) is 0 Å². The smallest absolute Gasteiger partial charge is 0.204 e. The first kappa shape index (κ1) is 4.99. The van der Waals surface area contributed by atoms with Crippen LogP contribution >= 0.6 is 0 Å². The van der Waals surface area contributed by atoms with Crippen LogP contribution in [0.5, 0.6) is 0 Å². The summed E-state index contributed by atoms with van der Waals surface area (Å²) in [5.41, 5.74) is 0. The standard InChI is InChI=1S/C3H6NO3/c5-3-4(6)1-2-7-3/h3,5H,1-2H2/q-1. The number of nitrogens with zero attached hydrogens (tertiary/aromatic N) is 1. The SMILES string of the molecule is [O-]N1CCOC1O. The molecule has 1 heterocycles. The van der Waals surface area contributed by atoms with Gasteiger partial charge in [0.25, 0.3) is 0 Å². The quantitative estimate of drug-likeness (QED) is 0.432. The Morgan fingerprint density at radius 3 is 2.71 bits per heavy atom. The molecule has 1 fully saturated rings. The van der Waals surface area contributed by atoms with Crippen molar-refractivity contribution in [2.75, 3.05) is 13.2 Å². The highest BCUT2D eigenvalue weighted by atomic mass is 16.7. The maximum absolute atomic E-state index is 10.1. The molecule has 4 nitrogen and oxygen atoms in total. The van der Waals surface area contributed by atoms with Gasteiger partial charge in [0, 0.05) is 6.54 Å². The van der Waals surface area contributed by atoms with Gasteiger partial charge in [0.05, 0.1) is 6.61 Å². The fourth-order valence-corrected chi connectivity index (χ4v) is 0.442. The minimum Gasteiger partial charge on any atom is -0.782 e. The minimum absolute atomic E-state index is 0.279. The summed E-state index contributed by atoms with van der Waals surface area (Å²) in [6.07, 6.45) is -1.21. The minimum atomic E-state index is -1.21. The Bertz CT molecular complexity index is 59.2. The van der Waals surface area contributed by atoms with Crippen LogP contribution in [0.2, 0.25) is 0 Å². The van der Waals surface area contributed by atoms with Crippen LogP contribution in [0.15, 0.2) is 0 Å². The first-order chi connectivity index (χ1) is 3.30. The molecule has 1 saturated heterocycles. The Morgan fingerprint density at radius 1 is 1.86 bits per heavy atom. The third-order valence-electron chi connectivity index (χ3n) is 0.825. The van der Waals surface area contributed by atoms with E-state index in [0.717, 1.165) is 0 Å². The number of rotatable bonds is 0. The first-order valence-corrected chi connectivity index (χ1v) is 2.04. The van der Waals surface area contributed by atoms with Crippen LogP contribution in [0.1, 0.15) is 0 Å². The van der Waals surface area contributed by atoms with Crippen LogP contribution in [-0.4, -0.2) is 29.7 Å². The largest absolute Gasteiger partial charge is 0.782 e. The molecule has 0 saturated carbocycles. The van der Waals surface area contributed by atoms with E-state index in [-0.39, 0.29) is 6.54 Å². The Labute approximate surface area is 40.9 Å². The molecule has 4 heteroatoms. The highest BCUT2D eigenvalue weighted by Gasteiger charge is 2.12. The molecule has 0 aliphatic carbocycles. The van der Waals surface area contributed by atoms with Gasteiger partial charge in [-0.3, -0.25) is 0 Å². The highest BCUT2D eigenvalue weighted by molar-refractivity contribution is 4.59. The molecule has 0 aromatic carbocycles. The molecule has 0 radical (unpaired) electrons. The van der Waals surface area contributed by atoms with Gasteiger partial charge in [0.1, 0.15) is 0 Å². The summed E-state index contributed by atoms with van der Waals surface area (Å²) in [7, 11) is 0. The number of hydrogen-bond donors (Lipinski definition) is 1. The molecule has 1 N–H and O–H groups in total. The summed E-state index contributed by atoms with van der Waals surface area (Å²) in [5, 5.41) is 19.0. The summed E-state index contributed by atoms with van der Waals surface area (Å²) < 4.78 is 4.43. The van der Waals surface area contributed by atoms with Crippen molar-refractivity contribution in [3.8, 4) is 0 Å². The van der Waals surface area contributed by atoms with E-state index >= 15 is 0 Å². The summed E-state index contributed by atoms with van der Waals surface area (Å²) in [4.78, 5) is 0. The zero-order valence-corrected chi connectivity index (χ0v) is 3.70. The molecule has 1 aliphatic rings. The average molecular weight is 104 g/mol. The molecule has 1 aliphatic heterocycles. The van der Waals surface area contributed by atoms with Crippen molar-refractivity contribution in [2.24, 2.45) is 0 Å². The van der Waals surface area contributed by atoms with Gasteiger partial charge < -0.3 is 20.1 Å². The number of aliphatic hydroxyl groups excluding tert-OH is 1. The zero-order valence-electron chi connectivity index (χ0n) is 3.70. The van der Waals surface area contributed by atoms with Crippen LogP contribution in [0.25, 0.3) is 0 Å². The van der Waals surface area contributed by atoms with Crippen LogP contribution < -0.4 is 0 Å². The molecule has 0 aromatic rings. The normalized spacial score (nSPS) is 34.3. The number of aliphatic hydroxyl groups is 1. The van der Waals surface area contributed by atoms with E-state index < -0.39 is 6.41 Å². The lowest BCUT2D eigenvalue weighted by molar-refractivity contribution is -0.117. The Morgan fingerprint density at radius 2 is 2.57 bits per heavy atom. The van der Waals surface area contributed by atoms with Gasteiger partial charge in [-0.05, 0) is 0 Å². The van der Waals surface area contributed by atoms with E-state index in [0.29, 0.717) is 11.7 Å². The highest BCUT2D eigenvalue weighted by Crippen LogP contribution is 2.02. The fourth-order valence-electron chi connectivity index (χ4n) is 0.442. The molecular formula is C3H6NO3-. The van der Waals surface area contributed by atoms with E-state index in [1.165, 1.54) is 0 Å². The monoisotopic (exact) mass is 104 g/mol. The van der Waals surface area contributed by atoms with Crippen molar-refractivity contribution in [3.63, 3.8) is 0 Å². The maximum atomic E-state index is 10.1. The van der Waals surface area contributed by atoms with Gasteiger partial charge in [-0.2, -0.15) is 0 Å². The Kier molecular flexibility index (Phi) is 1.25. The van der Waals surface area contributed by atoms with Crippen LogP contribution in [0.4, 0.5) is 0 Å². The van der Waals surface area contributed by atoms with Crippen molar-refractivity contribution < 1.29 is 9.84 Å². The zero-order chi connectivity index (χ0) is 5.28. The number of hydroxylamine groups is 2. The molecule has 1 unspecified atom stereocenters. The molecule has 42 valence electrons. The van der Waals surface area contributed by atoms with Crippen LogP contribution in [0, 0.1) is 5.21 Å². The molecule has 7 heavy (non-hydrogen) atoms. The summed E-state index contributed by atoms with van der Waals surface area (Å²) in [6.45, 7) is 0.617. The Hall–Kier alpha value is -0.160. The van der Waals surface area contributed by atoms with Crippen LogP contribution in [-0.2, 0) is 4.74 Å². The van der Waals surface area contributed by atoms with Crippen molar-refractivity contribution in [3.05, 3.63) is 5.21 Å². The first-order valence-electron chi connectivity index (χ1n) is 2.04. The number of hydrogen-bond acceptors (Lipinski definition) is 4. The average Bonchev–Trinajstić information content (AvgIpc) is 1.91. The van der Waals surface area contributed by atoms with Gasteiger partial charge in [-0.25, -0.2) is 0 Å². The predicted octanol–water partition coefficient (Wildman–Crippen LogP) is -0.908. The van der Waals surface area contributed by atoms with E-state index in [4.69, 9.17) is 5.11 Å². The molecule has 1 atom stereocenters. The Balaban J connectivity index is 2.33. The van der Waals surface area contributed by atoms with Crippen molar-refractivity contribution in [1.29, 1.82) is 0 Å². The lowest BCUT2D eigenvalue weighted by atomic mass is 10.7. The van der Waals surface area contributed by atoms with Gasteiger partial charge in [-0.15, -0.1) is 0 Å². The van der Waals surface area contributed by atoms with Crippen molar-refractivity contribution >= 4 is 0 Å². The second kappa shape index (κ2) is 1.75. The molecule has 1 rings (SSSR count). The van der Waals surface area contributed by atoms with Gasteiger partial charge >= 0.3 is 0 Å². The lowest BCUT2D eigenvalue weighted by Crippen LogP contribution is -2.22. The second-order valence-corrected chi connectivity index (χ2v) is 1.34. The van der Waals surface area contributed by atoms with Crippen molar-refractivity contribution in [2.45, 2.75) is 6.41 Å². The molecule has 0 amide bonds. The molecule has 0 spiro atoms. The number of ether oxygens (including phenoxy) is 1. The van der Waals surface area contributed by atoms with E-state index in [9.17, 15) is 5.21 Å². The van der Waals surface area contributed by atoms with E-state index in [1.807, 2.05) is 0 Å². The lowest BCUT2D eigenvalue weighted by Gasteiger charge is -2.22. The second-order valence-electron chi connectivity index (χ2n) is 1.34. The molecular weight excluding hydrogens is 98.0 g/mol. The summed E-state index contributed by atoms with van der Waals surface area (Å²) >= 11 is 0. The maximum Gasteiger partial charge on any atom is 0.204 e. The van der Waals surface area contributed by atoms with Crippen molar-refractivity contribution in [1.82, 2.24) is 5.06 Å². The fraction of sp³-hybridized carbons (Fsp3) is 1.00. The molecule has 0 bridgehead atoms. The predicted molar refractivity (Wildman–Crippen MR) is 22.0 cm³/mol. The molecule has 0 aromatic heterocycles. The summed E-state index contributed by atoms with van der Waals surface area (Å²) in [6, 6.07) is 0. The third-order valence-corrected chi connectivity index (χ3v) is 0.825. The van der Waals surface area contributed by atoms with Gasteiger partial charge in [-0.1, -0.05) is 0 Å². The van der Waals surface area contributed by atoms with E-state index in [1.54, 1.807) is 0 Å². The third kappa shape index (κ3) is 0.889.